The van der Waals surface area contributed by atoms with E-state index in [-0.39, 0.29) is 42.3 Å². The molecule has 0 bridgehead atoms. The number of sulfonamides is 2. The fourth-order valence-corrected chi connectivity index (χ4v) is 5.30. The zero-order valence-electron chi connectivity index (χ0n) is 15.9. The molecule has 2 heterocycles. The van der Waals surface area contributed by atoms with E-state index < -0.39 is 20.0 Å². The average molecular weight is 444 g/mol. The summed E-state index contributed by atoms with van der Waals surface area (Å²) in [6.45, 7) is 5.02. The van der Waals surface area contributed by atoms with Crippen LogP contribution >= 0.6 is 0 Å². The van der Waals surface area contributed by atoms with E-state index in [9.17, 15) is 21.6 Å². The van der Waals surface area contributed by atoms with E-state index in [1.807, 2.05) is 0 Å². The van der Waals surface area contributed by atoms with E-state index in [0.29, 0.717) is 26.2 Å². The number of nitrogens with one attached hydrogen (secondary N) is 2. The van der Waals surface area contributed by atoms with Gasteiger partial charge in [-0.25, -0.2) is 21.6 Å². The number of nitrogens with zero attached hydrogens (tertiary/aromatic N) is 1. The summed E-state index contributed by atoms with van der Waals surface area (Å²) in [6.07, 6.45) is 0.744. The third-order valence-corrected chi connectivity index (χ3v) is 7.86. The summed E-state index contributed by atoms with van der Waals surface area (Å²) in [5, 5.41) is 3.67. The Balaban J connectivity index is 1.56. The van der Waals surface area contributed by atoms with Gasteiger partial charge < -0.3 is 10.1 Å². The molecule has 2 aliphatic rings. The highest BCUT2D eigenvalue weighted by molar-refractivity contribution is 7.92. The van der Waals surface area contributed by atoms with Crippen molar-refractivity contribution in [2.24, 2.45) is 5.92 Å². The Morgan fingerprint density at radius 1 is 1.21 bits per heavy atom. The Bertz CT molecular complexity index is 956. The largest absolute Gasteiger partial charge is 0.377 e. The minimum Gasteiger partial charge on any atom is -0.377 e. The van der Waals surface area contributed by atoms with Crippen molar-refractivity contribution in [3.8, 4) is 0 Å². The molecule has 1 aromatic carbocycles. The van der Waals surface area contributed by atoms with Crippen LogP contribution in [0, 0.1) is 5.92 Å². The van der Waals surface area contributed by atoms with Crippen LogP contribution in [0.15, 0.2) is 41.1 Å². The third-order valence-electron chi connectivity index (χ3n) is 4.97. The molecule has 0 saturated carbocycles. The summed E-state index contributed by atoms with van der Waals surface area (Å²) >= 11 is 0. The number of hydrogen-bond donors (Lipinski definition) is 2. The molecule has 0 radical (unpaired) electrons. The highest BCUT2D eigenvalue weighted by atomic mass is 32.2. The predicted octanol–water partition coefficient (Wildman–Crippen LogP) is -0.182. The van der Waals surface area contributed by atoms with Crippen LogP contribution < -0.4 is 10.0 Å². The fourth-order valence-electron chi connectivity index (χ4n) is 3.19. The van der Waals surface area contributed by atoms with Gasteiger partial charge in [0.1, 0.15) is 0 Å². The first-order valence-corrected chi connectivity index (χ1v) is 12.3. The van der Waals surface area contributed by atoms with Crippen LogP contribution in [0.4, 0.5) is 0 Å². The van der Waals surface area contributed by atoms with Crippen LogP contribution in [0.3, 0.4) is 0 Å². The monoisotopic (exact) mass is 443 g/mol. The highest BCUT2D eigenvalue weighted by Gasteiger charge is 2.32. The summed E-state index contributed by atoms with van der Waals surface area (Å²) in [5.74, 6) is -0.226. The van der Waals surface area contributed by atoms with Gasteiger partial charge in [-0.1, -0.05) is 18.7 Å². The summed E-state index contributed by atoms with van der Waals surface area (Å²) in [4.78, 5) is 12.1. The SMILES string of the molecule is C=CS(=O)(=O)NCC1CCN(S(=O)(=O)c2ccc(CC(=O)NC3COC3)cc2)C1. The van der Waals surface area contributed by atoms with E-state index in [0.717, 1.165) is 11.0 Å². The van der Waals surface area contributed by atoms with E-state index in [2.05, 4.69) is 16.6 Å². The summed E-state index contributed by atoms with van der Waals surface area (Å²) < 4.78 is 57.3. The molecule has 2 N–H and O–H groups in total. The second-order valence-corrected chi connectivity index (χ2v) is 10.9. The van der Waals surface area contributed by atoms with Gasteiger partial charge in [0.25, 0.3) is 0 Å². The van der Waals surface area contributed by atoms with Crippen molar-refractivity contribution >= 4 is 26.0 Å². The molecule has 2 aliphatic heterocycles. The maximum atomic E-state index is 12.8. The van der Waals surface area contributed by atoms with Gasteiger partial charge in [0.2, 0.25) is 26.0 Å². The van der Waals surface area contributed by atoms with E-state index in [1.54, 1.807) is 12.1 Å². The first kappa shape index (κ1) is 21.9. The van der Waals surface area contributed by atoms with E-state index >= 15 is 0 Å². The summed E-state index contributed by atoms with van der Waals surface area (Å²) in [7, 11) is -7.20. The molecule has 3 rings (SSSR count). The van der Waals surface area contributed by atoms with Gasteiger partial charge in [0, 0.05) is 25.0 Å². The number of rotatable bonds is 9. The lowest BCUT2D eigenvalue weighted by Gasteiger charge is -2.26. The van der Waals surface area contributed by atoms with Crippen LogP contribution in [-0.2, 0) is 36.0 Å². The number of amides is 1. The standard InChI is InChI=1S/C18H25N3O6S2/c1-2-28(23,24)19-10-15-7-8-21(11-15)29(25,26)17-5-3-14(4-6-17)9-18(22)20-16-12-27-13-16/h2-6,15-16,19H,1,7-13H2,(H,20,22). The Morgan fingerprint density at radius 3 is 2.48 bits per heavy atom. The Hall–Kier alpha value is -1.79. The molecule has 0 spiro atoms. The van der Waals surface area contributed by atoms with Crippen molar-refractivity contribution in [3.05, 3.63) is 41.8 Å². The molecule has 29 heavy (non-hydrogen) atoms. The molecule has 160 valence electrons. The van der Waals surface area contributed by atoms with Gasteiger partial charge in [-0.15, -0.1) is 0 Å². The smallest absolute Gasteiger partial charge is 0.243 e. The van der Waals surface area contributed by atoms with Crippen LogP contribution in [0.1, 0.15) is 12.0 Å². The lowest BCUT2D eigenvalue weighted by Crippen LogP contribution is -2.49. The maximum absolute atomic E-state index is 12.8. The van der Waals surface area contributed by atoms with Gasteiger partial charge in [0.15, 0.2) is 0 Å². The molecule has 1 atom stereocenters. The first-order valence-electron chi connectivity index (χ1n) is 9.28. The highest BCUT2D eigenvalue weighted by Crippen LogP contribution is 2.24. The van der Waals surface area contributed by atoms with Crippen molar-refractivity contribution in [2.75, 3.05) is 32.8 Å². The second-order valence-electron chi connectivity index (χ2n) is 7.20. The molecule has 0 aromatic heterocycles. The molecule has 1 amide bonds. The molecule has 11 heteroatoms. The number of hydrogen-bond acceptors (Lipinski definition) is 6. The zero-order chi connectivity index (χ0) is 21.1. The van der Waals surface area contributed by atoms with Crippen molar-refractivity contribution in [2.45, 2.75) is 23.8 Å². The van der Waals surface area contributed by atoms with E-state index in [4.69, 9.17) is 4.74 Å². The van der Waals surface area contributed by atoms with Gasteiger partial charge >= 0.3 is 0 Å². The second kappa shape index (κ2) is 8.92. The lowest BCUT2D eigenvalue weighted by molar-refractivity contribution is -0.124. The van der Waals surface area contributed by atoms with Crippen molar-refractivity contribution in [1.29, 1.82) is 0 Å². The van der Waals surface area contributed by atoms with Gasteiger partial charge in [-0.05, 0) is 30.0 Å². The topological polar surface area (TPSA) is 122 Å². The Labute approximate surface area is 171 Å². The van der Waals surface area contributed by atoms with Crippen LogP contribution in [0.5, 0.6) is 0 Å². The third kappa shape index (κ3) is 5.64. The molecule has 0 aliphatic carbocycles. The number of carbonyl (C=O) groups excluding carboxylic acids is 1. The van der Waals surface area contributed by atoms with Gasteiger partial charge in [0.05, 0.1) is 30.6 Å². The Morgan fingerprint density at radius 2 is 1.90 bits per heavy atom. The first-order chi connectivity index (χ1) is 13.7. The number of ether oxygens (including phenoxy) is 1. The predicted molar refractivity (Wildman–Crippen MR) is 107 cm³/mol. The molecule has 1 aromatic rings. The van der Waals surface area contributed by atoms with Crippen LogP contribution in [0.2, 0.25) is 0 Å². The van der Waals surface area contributed by atoms with Gasteiger partial charge in [-0.3, -0.25) is 4.79 Å². The minimum atomic E-state index is -3.67. The summed E-state index contributed by atoms with van der Waals surface area (Å²) in [6, 6.07) is 6.32. The molecule has 2 saturated heterocycles. The number of carbonyl (C=O) groups is 1. The quantitative estimate of drug-likeness (QED) is 0.546. The van der Waals surface area contributed by atoms with Crippen molar-refractivity contribution in [1.82, 2.24) is 14.3 Å². The molecular formula is C18H25N3O6S2. The molecule has 1 unspecified atom stereocenters. The van der Waals surface area contributed by atoms with E-state index in [1.165, 1.54) is 16.4 Å². The summed E-state index contributed by atoms with van der Waals surface area (Å²) in [5.41, 5.74) is 0.722. The lowest BCUT2D eigenvalue weighted by atomic mass is 10.1. The molecular weight excluding hydrogens is 418 g/mol. The Kier molecular flexibility index (Phi) is 6.74. The van der Waals surface area contributed by atoms with Crippen molar-refractivity contribution < 1.29 is 26.4 Å². The van der Waals surface area contributed by atoms with Crippen LogP contribution in [0.25, 0.3) is 0 Å². The molecule has 2 fully saturated rings. The maximum Gasteiger partial charge on any atom is 0.243 e. The normalized spacial score (nSPS) is 20.9. The minimum absolute atomic E-state index is 0.0567. The molecule has 9 nitrogen and oxygen atoms in total. The van der Waals surface area contributed by atoms with Crippen LogP contribution in [-0.4, -0.2) is 65.9 Å². The fraction of sp³-hybridized carbons (Fsp3) is 0.500. The number of benzene rings is 1. The van der Waals surface area contributed by atoms with Gasteiger partial charge in [-0.2, -0.15) is 4.31 Å². The average Bonchev–Trinajstić information content (AvgIpc) is 3.14. The van der Waals surface area contributed by atoms with Crippen molar-refractivity contribution in [3.63, 3.8) is 0 Å². The zero-order valence-corrected chi connectivity index (χ0v) is 17.5.